The van der Waals surface area contributed by atoms with Gasteiger partial charge in [-0.2, -0.15) is 0 Å². The third kappa shape index (κ3) is 5.08. The van der Waals surface area contributed by atoms with Gasteiger partial charge in [-0.05, 0) is 39.1 Å². The van der Waals surface area contributed by atoms with Crippen molar-refractivity contribution >= 4 is 24.3 Å². The molecule has 0 saturated carbocycles. The van der Waals surface area contributed by atoms with Gasteiger partial charge in [0.15, 0.2) is 0 Å². The van der Waals surface area contributed by atoms with Crippen LogP contribution < -0.4 is 9.61 Å². The van der Waals surface area contributed by atoms with E-state index in [2.05, 4.69) is 5.09 Å². The molecule has 0 aliphatic rings. The normalized spacial score (nSPS) is 15.5. The lowest BCUT2D eigenvalue weighted by molar-refractivity contribution is -0.156. The van der Waals surface area contributed by atoms with Crippen molar-refractivity contribution in [1.82, 2.24) is 5.09 Å². The predicted octanol–water partition coefficient (Wildman–Crippen LogP) is 4.36. The molecular formula is C18H24NO4P. The Morgan fingerprint density at radius 3 is 2.42 bits per heavy atom. The minimum atomic E-state index is -3.25. The molecule has 0 radical (unpaired) electrons. The Morgan fingerprint density at radius 2 is 1.75 bits per heavy atom. The van der Waals surface area contributed by atoms with E-state index in [0.717, 1.165) is 10.8 Å². The monoisotopic (exact) mass is 349 g/mol. The molecule has 0 aliphatic carbocycles. The number of fused-ring (bicyclic) bond motifs is 1. The zero-order chi connectivity index (χ0) is 18.0. The maximum Gasteiger partial charge on any atom is 0.323 e. The lowest BCUT2D eigenvalue weighted by Crippen LogP contribution is -2.38. The van der Waals surface area contributed by atoms with E-state index in [1.807, 2.05) is 36.4 Å². The van der Waals surface area contributed by atoms with Crippen LogP contribution in [-0.2, 0) is 14.1 Å². The minimum absolute atomic E-state index is 0.467. The Kier molecular flexibility index (Phi) is 5.36. The second-order valence-corrected chi connectivity index (χ2v) is 8.93. The van der Waals surface area contributed by atoms with Gasteiger partial charge in [-0.1, -0.05) is 36.4 Å². The summed E-state index contributed by atoms with van der Waals surface area (Å²) < 4.78 is 23.8. The van der Waals surface area contributed by atoms with Crippen molar-refractivity contribution < 1.29 is 18.6 Å². The number of rotatable bonds is 5. The Morgan fingerprint density at radius 1 is 1.12 bits per heavy atom. The lowest BCUT2D eigenvalue weighted by atomic mass is 10.1. The Balaban J connectivity index is 2.13. The molecule has 6 heteroatoms. The first-order valence-corrected chi connectivity index (χ1v) is 9.90. The molecule has 2 aromatic rings. The molecule has 0 bridgehead atoms. The van der Waals surface area contributed by atoms with Crippen LogP contribution in [0.25, 0.3) is 10.8 Å². The highest BCUT2D eigenvalue weighted by Gasteiger charge is 2.28. The van der Waals surface area contributed by atoms with Crippen molar-refractivity contribution in [2.45, 2.75) is 39.3 Å². The van der Waals surface area contributed by atoms with E-state index in [4.69, 9.17) is 9.26 Å². The van der Waals surface area contributed by atoms with Crippen LogP contribution in [0.5, 0.6) is 5.75 Å². The van der Waals surface area contributed by atoms with Crippen molar-refractivity contribution in [3.05, 3.63) is 42.5 Å². The van der Waals surface area contributed by atoms with Crippen LogP contribution in [0.2, 0.25) is 0 Å². The molecule has 0 saturated heterocycles. The first kappa shape index (κ1) is 18.5. The summed E-state index contributed by atoms with van der Waals surface area (Å²) in [6.45, 7) is 8.42. The van der Waals surface area contributed by atoms with E-state index in [1.165, 1.54) is 6.66 Å². The molecule has 2 aromatic carbocycles. The fraction of sp³-hybridized carbons (Fsp3) is 0.389. The smallest absolute Gasteiger partial charge is 0.323 e. The maximum atomic E-state index is 12.8. The van der Waals surface area contributed by atoms with Crippen molar-refractivity contribution in [2.75, 3.05) is 6.66 Å². The third-order valence-electron chi connectivity index (χ3n) is 3.21. The van der Waals surface area contributed by atoms with Crippen LogP contribution in [0.15, 0.2) is 42.5 Å². The predicted molar refractivity (Wildman–Crippen MR) is 96.5 cm³/mol. The average molecular weight is 349 g/mol. The van der Waals surface area contributed by atoms with Gasteiger partial charge >= 0.3 is 13.5 Å². The van der Waals surface area contributed by atoms with Gasteiger partial charge in [-0.3, -0.25) is 9.36 Å². The SMILES string of the molecule is C[C@H](NP(C)(=O)Oc1cccc2ccccc12)C(=O)OC(C)(C)C. The molecule has 24 heavy (non-hydrogen) atoms. The molecule has 2 rings (SSSR count). The zero-order valence-corrected chi connectivity index (χ0v) is 15.6. The molecule has 1 unspecified atom stereocenters. The summed E-state index contributed by atoms with van der Waals surface area (Å²) in [5, 5.41) is 4.62. The molecule has 0 spiro atoms. The van der Waals surface area contributed by atoms with Crippen molar-refractivity contribution in [1.29, 1.82) is 0 Å². The van der Waals surface area contributed by atoms with Gasteiger partial charge in [0.05, 0.1) is 0 Å². The van der Waals surface area contributed by atoms with Gasteiger partial charge < -0.3 is 9.26 Å². The second kappa shape index (κ2) is 6.96. The summed E-state index contributed by atoms with van der Waals surface area (Å²) in [4.78, 5) is 12.0. The number of nitrogens with one attached hydrogen (secondary N) is 1. The number of carbonyl (C=O) groups is 1. The van der Waals surface area contributed by atoms with E-state index < -0.39 is 25.1 Å². The molecule has 0 heterocycles. The number of hydrogen-bond acceptors (Lipinski definition) is 4. The molecule has 0 amide bonds. The highest BCUT2D eigenvalue weighted by molar-refractivity contribution is 7.56. The van der Waals surface area contributed by atoms with Gasteiger partial charge in [-0.25, -0.2) is 5.09 Å². The first-order valence-electron chi connectivity index (χ1n) is 7.83. The quantitative estimate of drug-likeness (QED) is 0.642. The van der Waals surface area contributed by atoms with Gasteiger partial charge in [-0.15, -0.1) is 0 Å². The average Bonchev–Trinajstić information content (AvgIpc) is 2.45. The lowest BCUT2D eigenvalue weighted by Gasteiger charge is -2.25. The summed E-state index contributed by atoms with van der Waals surface area (Å²) in [5.74, 6) is 0.0499. The van der Waals surface area contributed by atoms with Crippen LogP contribution in [0, 0.1) is 0 Å². The van der Waals surface area contributed by atoms with Crippen molar-refractivity contribution in [2.24, 2.45) is 0 Å². The molecule has 0 aromatic heterocycles. The number of carbonyl (C=O) groups excluding carboxylic acids is 1. The number of benzene rings is 2. The van der Waals surface area contributed by atoms with Crippen LogP contribution in [0.3, 0.4) is 0 Å². The Labute approximate surface area is 142 Å². The van der Waals surface area contributed by atoms with Crippen LogP contribution >= 0.6 is 7.52 Å². The molecule has 0 aliphatic heterocycles. The molecule has 0 fully saturated rings. The molecule has 5 nitrogen and oxygen atoms in total. The largest absolute Gasteiger partial charge is 0.459 e. The van der Waals surface area contributed by atoms with Gasteiger partial charge in [0.1, 0.15) is 17.4 Å². The highest BCUT2D eigenvalue weighted by atomic mass is 31.2. The van der Waals surface area contributed by atoms with Crippen molar-refractivity contribution in [3.8, 4) is 5.75 Å². The van der Waals surface area contributed by atoms with E-state index in [0.29, 0.717) is 5.75 Å². The third-order valence-corrected chi connectivity index (χ3v) is 4.61. The van der Waals surface area contributed by atoms with E-state index in [-0.39, 0.29) is 0 Å². The van der Waals surface area contributed by atoms with E-state index >= 15 is 0 Å². The minimum Gasteiger partial charge on any atom is -0.459 e. The highest BCUT2D eigenvalue weighted by Crippen LogP contribution is 2.42. The Hall–Kier alpha value is -1.84. The standard InChI is InChI=1S/C18H24NO4P/c1-13(17(20)22-18(2,3)4)19-24(5,21)23-16-12-8-10-14-9-6-7-11-15(14)16/h6-13H,1-5H3,(H,19,21)/t13-,24?/m0/s1. The summed E-state index contributed by atoms with van der Waals surface area (Å²) in [5.41, 5.74) is -0.596. The summed E-state index contributed by atoms with van der Waals surface area (Å²) in [7, 11) is -3.25. The second-order valence-electron chi connectivity index (χ2n) is 6.80. The van der Waals surface area contributed by atoms with E-state index in [1.54, 1.807) is 33.8 Å². The summed E-state index contributed by atoms with van der Waals surface area (Å²) in [6, 6.07) is 12.5. The topological polar surface area (TPSA) is 64.6 Å². The molecular weight excluding hydrogens is 325 g/mol. The molecule has 1 N–H and O–H groups in total. The zero-order valence-electron chi connectivity index (χ0n) is 14.7. The molecule has 2 atom stereocenters. The fourth-order valence-electron chi connectivity index (χ4n) is 2.28. The van der Waals surface area contributed by atoms with Crippen LogP contribution in [0.1, 0.15) is 27.7 Å². The van der Waals surface area contributed by atoms with Crippen LogP contribution in [0.4, 0.5) is 0 Å². The van der Waals surface area contributed by atoms with Crippen LogP contribution in [-0.4, -0.2) is 24.3 Å². The molecule has 130 valence electrons. The first-order chi connectivity index (χ1) is 11.1. The number of ether oxygens (including phenoxy) is 1. The van der Waals surface area contributed by atoms with Gasteiger partial charge in [0.2, 0.25) is 0 Å². The Bertz CT molecular complexity index is 777. The summed E-state index contributed by atoms with van der Waals surface area (Å²) >= 11 is 0. The van der Waals surface area contributed by atoms with Gasteiger partial charge in [0.25, 0.3) is 0 Å². The number of hydrogen-bond donors (Lipinski definition) is 1. The maximum absolute atomic E-state index is 12.8. The van der Waals surface area contributed by atoms with E-state index in [9.17, 15) is 9.36 Å². The number of esters is 1. The van der Waals surface area contributed by atoms with Gasteiger partial charge in [0, 0.05) is 12.1 Å². The van der Waals surface area contributed by atoms with Crippen molar-refractivity contribution in [3.63, 3.8) is 0 Å². The summed E-state index contributed by atoms with van der Waals surface area (Å²) in [6.07, 6.45) is 0. The fourth-order valence-corrected chi connectivity index (χ4v) is 3.68.